The van der Waals surface area contributed by atoms with E-state index in [2.05, 4.69) is 4.72 Å². The van der Waals surface area contributed by atoms with Crippen LogP contribution in [-0.4, -0.2) is 26.9 Å². The Hall–Kier alpha value is -1.32. The van der Waals surface area contributed by atoms with Crippen molar-refractivity contribution in [3.8, 4) is 11.5 Å². The molecule has 1 aromatic carbocycles. The summed E-state index contributed by atoms with van der Waals surface area (Å²) in [5.41, 5.74) is 0.646. The van der Waals surface area contributed by atoms with Crippen molar-refractivity contribution in [2.24, 2.45) is 0 Å². The maximum Gasteiger partial charge on any atom is 0.250 e. The van der Waals surface area contributed by atoms with E-state index in [0.717, 1.165) is 11.3 Å². The van der Waals surface area contributed by atoms with Crippen LogP contribution < -0.4 is 14.2 Å². The van der Waals surface area contributed by atoms with Gasteiger partial charge < -0.3 is 14.6 Å². The van der Waals surface area contributed by atoms with Crippen LogP contribution in [0.2, 0.25) is 4.34 Å². The first-order valence-corrected chi connectivity index (χ1v) is 9.46. The lowest BCUT2D eigenvalue weighted by atomic mass is 10.1. The van der Waals surface area contributed by atoms with Gasteiger partial charge in [-0.05, 0) is 36.2 Å². The van der Waals surface area contributed by atoms with E-state index in [0.29, 0.717) is 21.4 Å². The molecular weight excluding hydrogens is 362 g/mol. The van der Waals surface area contributed by atoms with Crippen LogP contribution in [0.4, 0.5) is 0 Å². The molecule has 9 heteroatoms. The molecule has 3 rings (SSSR count). The molecule has 1 aliphatic heterocycles. The summed E-state index contributed by atoms with van der Waals surface area (Å²) in [6.45, 7) is 0.269. The third kappa shape index (κ3) is 3.78. The van der Waals surface area contributed by atoms with Gasteiger partial charge in [0.15, 0.2) is 11.5 Å². The molecule has 1 atom stereocenters. The number of ether oxygens (including phenoxy) is 2. The van der Waals surface area contributed by atoms with E-state index in [9.17, 15) is 13.5 Å². The second kappa shape index (κ2) is 6.66. The van der Waals surface area contributed by atoms with Crippen molar-refractivity contribution in [2.75, 3.05) is 13.3 Å². The Labute approximate surface area is 142 Å². The van der Waals surface area contributed by atoms with E-state index in [-0.39, 0.29) is 24.0 Å². The molecule has 2 heterocycles. The van der Waals surface area contributed by atoms with E-state index >= 15 is 0 Å². The summed E-state index contributed by atoms with van der Waals surface area (Å²) in [6.07, 6.45) is -0.572. The highest BCUT2D eigenvalue weighted by atomic mass is 35.5. The molecule has 2 aromatic rings. The van der Waals surface area contributed by atoms with Crippen molar-refractivity contribution in [1.29, 1.82) is 0 Å². The molecule has 0 fully saturated rings. The number of hydrogen-bond acceptors (Lipinski definition) is 6. The first kappa shape index (κ1) is 16.5. The van der Waals surface area contributed by atoms with Gasteiger partial charge in [0, 0.05) is 6.54 Å². The predicted octanol–water partition coefficient (Wildman–Crippen LogP) is 2.53. The Morgan fingerprint density at radius 3 is 2.78 bits per heavy atom. The number of fused-ring (bicyclic) bond motifs is 1. The van der Waals surface area contributed by atoms with Crippen LogP contribution in [0.5, 0.6) is 11.5 Å². The van der Waals surface area contributed by atoms with Crippen molar-refractivity contribution in [3.63, 3.8) is 0 Å². The van der Waals surface area contributed by atoms with Crippen molar-refractivity contribution < 1.29 is 23.0 Å². The third-order valence-corrected chi connectivity index (χ3v) is 6.49. The molecule has 23 heavy (non-hydrogen) atoms. The lowest BCUT2D eigenvalue weighted by molar-refractivity contribution is 0.166. The van der Waals surface area contributed by atoms with Crippen LogP contribution in [0.1, 0.15) is 18.1 Å². The van der Waals surface area contributed by atoms with Gasteiger partial charge in [-0.3, -0.25) is 0 Å². The summed E-state index contributed by atoms with van der Waals surface area (Å²) >= 11 is 6.73. The number of benzene rings is 1. The van der Waals surface area contributed by atoms with Gasteiger partial charge in [0.1, 0.15) is 4.21 Å². The van der Waals surface area contributed by atoms with Crippen LogP contribution in [0.3, 0.4) is 0 Å². The Morgan fingerprint density at radius 1 is 1.26 bits per heavy atom. The maximum atomic E-state index is 12.0. The van der Waals surface area contributed by atoms with E-state index in [1.54, 1.807) is 18.2 Å². The summed E-state index contributed by atoms with van der Waals surface area (Å²) in [7, 11) is -3.60. The first-order valence-electron chi connectivity index (χ1n) is 6.78. The molecule has 2 N–H and O–H groups in total. The highest BCUT2D eigenvalue weighted by Crippen LogP contribution is 2.34. The molecule has 0 bridgehead atoms. The lowest BCUT2D eigenvalue weighted by Gasteiger charge is -2.12. The molecule has 0 aliphatic carbocycles. The molecule has 1 aromatic heterocycles. The zero-order chi connectivity index (χ0) is 16.4. The molecule has 124 valence electrons. The Morgan fingerprint density at radius 2 is 2.04 bits per heavy atom. The smallest absolute Gasteiger partial charge is 0.250 e. The molecule has 0 spiro atoms. The van der Waals surface area contributed by atoms with Crippen LogP contribution in [0, 0.1) is 0 Å². The predicted molar refractivity (Wildman–Crippen MR) is 86.7 cm³/mol. The Balaban J connectivity index is 1.58. The summed E-state index contributed by atoms with van der Waals surface area (Å²) in [5, 5.41) is 10.2. The molecule has 6 nitrogen and oxygen atoms in total. The zero-order valence-corrected chi connectivity index (χ0v) is 14.2. The van der Waals surface area contributed by atoms with Gasteiger partial charge in [0.25, 0.3) is 0 Å². The van der Waals surface area contributed by atoms with Crippen LogP contribution >= 0.6 is 22.9 Å². The highest BCUT2D eigenvalue weighted by molar-refractivity contribution is 7.91. The first-order chi connectivity index (χ1) is 11.0. The molecule has 0 saturated heterocycles. The monoisotopic (exact) mass is 375 g/mol. The Kier molecular flexibility index (Phi) is 4.79. The summed E-state index contributed by atoms with van der Waals surface area (Å²) < 4.78 is 37.5. The number of rotatable bonds is 6. The normalized spacial score (nSPS) is 14.9. The number of thiophene rings is 1. The van der Waals surface area contributed by atoms with E-state index < -0.39 is 16.1 Å². The fraction of sp³-hybridized carbons (Fsp3) is 0.286. The largest absolute Gasteiger partial charge is 0.454 e. The van der Waals surface area contributed by atoms with Gasteiger partial charge in [0.2, 0.25) is 16.8 Å². The second-order valence-electron chi connectivity index (χ2n) is 4.87. The van der Waals surface area contributed by atoms with Crippen molar-refractivity contribution in [1.82, 2.24) is 4.72 Å². The van der Waals surface area contributed by atoms with Gasteiger partial charge in [-0.1, -0.05) is 17.7 Å². The summed E-state index contributed by atoms with van der Waals surface area (Å²) in [6, 6.07) is 8.12. The number of nitrogens with one attached hydrogen (secondary N) is 1. The quantitative estimate of drug-likeness (QED) is 0.810. The van der Waals surface area contributed by atoms with Crippen molar-refractivity contribution in [3.05, 3.63) is 40.2 Å². The van der Waals surface area contributed by atoms with Crippen LogP contribution in [0.15, 0.2) is 34.5 Å². The van der Waals surface area contributed by atoms with Gasteiger partial charge >= 0.3 is 0 Å². The molecule has 0 radical (unpaired) electrons. The van der Waals surface area contributed by atoms with E-state index in [1.807, 2.05) is 0 Å². The van der Waals surface area contributed by atoms with Gasteiger partial charge in [-0.2, -0.15) is 0 Å². The zero-order valence-electron chi connectivity index (χ0n) is 11.9. The van der Waals surface area contributed by atoms with E-state index in [1.165, 1.54) is 12.1 Å². The van der Waals surface area contributed by atoms with Crippen molar-refractivity contribution in [2.45, 2.75) is 16.7 Å². The SMILES string of the molecule is O=S(=O)(NCC[C@H](O)c1ccc2c(c1)OCO2)c1ccc(Cl)s1. The minimum absolute atomic E-state index is 0.105. The molecule has 0 unspecified atom stereocenters. The van der Waals surface area contributed by atoms with Gasteiger partial charge in [-0.15, -0.1) is 11.3 Å². The fourth-order valence-corrected chi connectivity index (χ4v) is 4.71. The average Bonchev–Trinajstić information content (AvgIpc) is 3.14. The standard InChI is InChI=1S/C14H14ClNO5S2/c15-13-3-4-14(22-13)23(18,19)16-6-5-10(17)9-1-2-11-12(7-9)21-8-20-11/h1-4,7,10,16-17H,5-6,8H2/t10-/m0/s1. The average molecular weight is 376 g/mol. The third-order valence-electron chi connectivity index (χ3n) is 3.30. The number of halogens is 1. The molecule has 0 amide bonds. The second-order valence-corrected chi connectivity index (χ2v) is 8.58. The number of hydrogen-bond donors (Lipinski definition) is 2. The maximum absolute atomic E-state index is 12.0. The summed E-state index contributed by atoms with van der Waals surface area (Å²) in [5.74, 6) is 1.21. The topological polar surface area (TPSA) is 84.9 Å². The lowest BCUT2D eigenvalue weighted by Crippen LogP contribution is -2.25. The number of aliphatic hydroxyl groups excluding tert-OH is 1. The van der Waals surface area contributed by atoms with E-state index in [4.69, 9.17) is 21.1 Å². The van der Waals surface area contributed by atoms with Crippen molar-refractivity contribution >= 4 is 33.0 Å². The number of sulfonamides is 1. The number of aliphatic hydroxyl groups is 1. The molecule has 0 saturated carbocycles. The van der Waals surface area contributed by atoms with Gasteiger partial charge in [-0.25, -0.2) is 13.1 Å². The minimum atomic E-state index is -3.60. The van der Waals surface area contributed by atoms with Gasteiger partial charge in [0.05, 0.1) is 10.4 Å². The fourth-order valence-electron chi connectivity index (χ4n) is 2.13. The highest BCUT2D eigenvalue weighted by Gasteiger charge is 2.19. The molecular formula is C14H14ClNO5S2. The Bertz CT molecular complexity index is 805. The van der Waals surface area contributed by atoms with Crippen LogP contribution in [0.25, 0.3) is 0 Å². The minimum Gasteiger partial charge on any atom is -0.454 e. The summed E-state index contributed by atoms with van der Waals surface area (Å²) in [4.78, 5) is 0. The molecule has 1 aliphatic rings. The van der Waals surface area contributed by atoms with Crippen LogP contribution in [-0.2, 0) is 10.0 Å².